The summed E-state index contributed by atoms with van der Waals surface area (Å²) >= 11 is 0. The van der Waals surface area contributed by atoms with Crippen LogP contribution in [0.25, 0.3) is 0 Å². The van der Waals surface area contributed by atoms with E-state index in [2.05, 4.69) is 0 Å². The van der Waals surface area contributed by atoms with E-state index < -0.39 is 24.5 Å². The van der Waals surface area contributed by atoms with Crippen molar-refractivity contribution in [3.05, 3.63) is 0 Å². The number of likely N-dealkylation sites (tertiary alicyclic amines) is 1. The van der Waals surface area contributed by atoms with Gasteiger partial charge in [0.1, 0.15) is 0 Å². The maximum Gasteiger partial charge on any atom is 0.389 e. The number of aliphatic carboxylic acids is 1. The highest BCUT2D eigenvalue weighted by atomic mass is 19.4. The van der Waals surface area contributed by atoms with Crippen LogP contribution in [0.1, 0.15) is 12.8 Å². The number of carboxylic acid groups (broad SMARTS) is 1. The van der Waals surface area contributed by atoms with E-state index in [0.29, 0.717) is 13.0 Å². The first-order valence-corrected chi connectivity index (χ1v) is 5.03. The van der Waals surface area contributed by atoms with Gasteiger partial charge in [-0.1, -0.05) is 0 Å². The molecule has 94 valence electrons. The number of halogens is 3. The number of rotatable bonds is 3. The Morgan fingerprint density at radius 3 is 2.56 bits per heavy atom. The molecule has 0 radical (unpaired) electrons. The van der Waals surface area contributed by atoms with Gasteiger partial charge in [-0.2, -0.15) is 13.2 Å². The summed E-state index contributed by atoms with van der Waals surface area (Å²) in [7, 11) is 0. The zero-order valence-corrected chi connectivity index (χ0v) is 8.70. The zero-order chi connectivity index (χ0) is 12.3. The molecule has 2 unspecified atom stereocenters. The first kappa shape index (κ1) is 13.2. The second-order valence-corrected chi connectivity index (χ2v) is 4.27. The Labute approximate surface area is 91.2 Å². The van der Waals surface area contributed by atoms with Gasteiger partial charge in [-0.15, -0.1) is 0 Å². The van der Waals surface area contributed by atoms with Gasteiger partial charge in [0.15, 0.2) is 0 Å². The van der Waals surface area contributed by atoms with Crippen molar-refractivity contribution in [3.8, 4) is 0 Å². The number of nitrogens with zero attached hydrogens (tertiary/aromatic N) is 1. The van der Waals surface area contributed by atoms with E-state index in [4.69, 9.17) is 10.8 Å². The Kier molecular flexibility index (Phi) is 4.15. The van der Waals surface area contributed by atoms with Gasteiger partial charge in [0.05, 0.1) is 6.54 Å². The lowest BCUT2D eigenvalue weighted by molar-refractivity contribution is -0.149. The predicted molar refractivity (Wildman–Crippen MR) is 50.8 cm³/mol. The monoisotopic (exact) mass is 240 g/mol. The lowest BCUT2D eigenvalue weighted by atomic mass is 9.92. The molecule has 1 saturated heterocycles. The minimum atomic E-state index is -4.21. The molecule has 7 heteroatoms. The molecule has 4 nitrogen and oxygen atoms in total. The maximum atomic E-state index is 12.2. The van der Waals surface area contributed by atoms with Crippen LogP contribution in [-0.2, 0) is 4.79 Å². The second-order valence-electron chi connectivity index (χ2n) is 4.27. The van der Waals surface area contributed by atoms with E-state index in [0.717, 1.165) is 0 Å². The molecule has 0 aromatic rings. The summed E-state index contributed by atoms with van der Waals surface area (Å²) in [6.07, 6.45) is -4.80. The molecular formula is C9H15F3N2O2. The number of carbonyl (C=O) groups is 1. The molecule has 1 rings (SSSR count). The van der Waals surface area contributed by atoms with Crippen molar-refractivity contribution in [1.82, 2.24) is 4.90 Å². The van der Waals surface area contributed by atoms with E-state index in [-0.39, 0.29) is 19.1 Å². The zero-order valence-electron chi connectivity index (χ0n) is 8.70. The fourth-order valence-electron chi connectivity index (χ4n) is 2.14. The fourth-order valence-corrected chi connectivity index (χ4v) is 2.14. The third-order valence-corrected chi connectivity index (χ3v) is 2.52. The van der Waals surface area contributed by atoms with E-state index in [1.807, 2.05) is 0 Å². The van der Waals surface area contributed by atoms with E-state index in [9.17, 15) is 18.0 Å². The summed E-state index contributed by atoms with van der Waals surface area (Å²) < 4.78 is 36.5. The van der Waals surface area contributed by atoms with Gasteiger partial charge in [0.2, 0.25) is 0 Å². The van der Waals surface area contributed by atoms with Crippen LogP contribution in [0.2, 0.25) is 0 Å². The number of hydrogen-bond donors (Lipinski definition) is 2. The summed E-state index contributed by atoms with van der Waals surface area (Å²) in [6.45, 7) is 0.252. The normalized spacial score (nSPS) is 28.0. The highest BCUT2D eigenvalue weighted by Gasteiger charge is 2.36. The van der Waals surface area contributed by atoms with Crippen LogP contribution in [0.5, 0.6) is 0 Å². The maximum absolute atomic E-state index is 12.2. The summed E-state index contributed by atoms with van der Waals surface area (Å²) in [5.74, 6) is -1.64. The fraction of sp³-hybridized carbons (Fsp3) is 0.889. The van der Waals surface area contributed by atoms with E-state index in [1.165, 1.54) is 4.90 Å². The lowest BCUT2D eigenvalue weighted by Crippen LogP contribution is -2.49. The highest BCUT2D eigenvalue weighted by Crippen LogP contribution is 2.29. The second kappa shape index (κ2) is 5.01. The average Bonchev–Trinajstić information content (AvgIpc) is 1.96. The SMILES string of the molecule is NC1CC(CC(F)(F)F)CN(CC(=O)O)C1. The molecule has 1 aliphatic heterocycles. The van der Waals surface area contributed by atoms with Crippen molar-refractivity contribution < 1.29 is 23.1 Å². The van der Waals surface area contributed by atoms with Crippen LogP contribution in [-0.4, -0.2) is 47.8 Å². The Balaban J connectivity index is 2.50. The molecule has 0 bridgehead atoms. The Morgan fingerprint density at radius 1 is 1.44 bits per heavy atom. The molecule has 3 N–H and O–H groups in total. The molecule has 0 aromatic carbocycles. The summed E-state index contributed by atoms with van der Waals surface area (Å²) in [5.41, 5.74) is 5.61. The largest absolute Gasteiger partial charge is 0.480 e. The summed E-state index contributed by atoms with van der Waals surface area (Å²) in [5, 5.41) is 8.57. The van der Waals surface area contributed by atoms with Gasteiger partial charge in [-0.3, -0.25) is 9.69 Å². The van der Waals surface area contributed by atoms with Crippen LogP contribution in [0.3, 0.4) is 0 Å². The number of carboxylic acids is 1. The smallest absolute Gasteiger partial charge is 0.389 e. The molecule has 0 aliphatic carbocycles. The van der Waals surface area contributed by atoms with Gasteiger partial charge < -0.3 is 10.8 Å². The first-order chi connectivity index (χ1) is 7.26. The van der Waals surface area contributed by atoms with Crippen LogP contribution in [0.4, 0.5) is 13.2 Å². The molecule has 1 fully saturated rings. The Hall–Kier alpha value is -0.820. The van der Waals surface area contributed by atoms with E-state index >= 15 is 0 Å². The minimum absolute atomic E-state index is 0.152. The number of alkyl halides is 3. The van der Waals surface area contributed by atoms with Crippen molar-refractivity contribution in [2.45, 2.75) is 25.1 Å². The number of nitrogens with two attached hydrogens (primary N) is 1. The molecule has 0 saturated carbocycles. The van der Waals surface area contributed by atoms with Crippen LogP contribution in [0.15, 0.2) is 0 Å². The van der Waals surface area contributed by atoms with Crippen molar-refractivity contribution in [1.29, 1.82) is 0 Å². The third kappa shape index (κ3) is 4.80. The van der Waals surface area contributed by atoms with Crippen molar-refractivity contribution in [2.75, 3.05) is 19.6 Å². The molecule has 16 heavy (non-hydrogen) atoms. The van der Waals surface area contributed by atoms with Crippen LogP contribution < -0.4 is 5.73 Å². The van der Waals surface area contributed by atoms with Crippen LogP contribution >= 0.6 is 0 Å². The molecule has 0 spiro atoms. The molecular weight excluding hydrogens is 225 g/mol. The Bertz CT molecular complexity index is 258. The molecule has 2 atom stereocenters. The lowest BCUT2D eigenvalue weighted by Gasteiger charge is -2.35. The predicted octanol–water partition coefficient (Wildman–Crippen LogP) is 0.673. The van der Waals surface area contributed by atoms with Crippen molar-refractivity contribution in [3.63, 3.8) is 0 Å². The summed E-state index contributed by atoms with van der Waals surface area (Å²) in [6, 6.07) is -0.375. The van der Waals surface area contributed by atoms with Gasteiger partial charge in [0.25, 0.3) is 0 Å². The van der Waals surface area contributed by atoms with Gasteiger partial charge in [-0.25, -0.2) is 0 Å². The van der Waals surface area contributed by atoms with Crippen molar-refractivity contribution in [2.24, 2.45) is 11.7 Å². The quantitative estimate of drug-likeness (QED) is 0.761. The van der Waals surface area contributed by atoms with Gasteiger partial charge in [-0.05, 0) is 12.3 Å². The van der Waals surface area contributed by atoms with Crippen LogP contribution in [0, 0.1) is 5.92 Å². The van der Waals surface area contributed by atoms with Gasteiger partial charge in [0, 0.05) is 25.6 Å². The molecule has 0 amide bonds. The van der Waals surface area contributed by atoms with E-state index in [1.54, 1.807) is 0 Å². The topological polar surface area (TPSA) is 66.6 Å². The Morgan fingerprint density at radius 2 is 2.06 bits per heavy atom. The highest BCUT2D eigenvalue weighted by molar-refractivity contribution is 5.69. The van der Waals surface area contributed by atoms with Gasteiger partial charge >= 0.3 is 12.1 Å². The molecule has 1 heterocycles. The standard InChI is InChI=1S/C9H15F3N2O2/c10-9(11,12)2-6-1-7(13)4-14(3-6)5-8(15)16/h6-7H,1-5,13H2,(H,15,16). The minimum Gasteiger partial charge on any atom is -0.480 e. The summed E-state index contributed by atoms with van der Waals surface area (Å²) in [4.78, 5) is 11.9. The molecule has 1 aliphatic rings. The number of hydrogen-bond acceptors (Lipinski definition) is 3. The molecule has 0 aromatic heterocycles. The third-order valence-electron chi connectivity index (χ3n) is 2.52. The van der Waals surface area contributed by atoms with Crippen molar-refractivity contribution >= 4 is 5.97 Å². The first-order valence-electron chi connectivity index (χ1n) is 5.03. The average molecular weight is 240 g/mol. The number of piperidine rings is 1.